The van der Waals surface area contributed by atoms with Crippen molar-refractivity contribution < 1.29 is 34.0 Å². The first kappa shape index (κ1) is 21.6. The van der Waals surface area contributed by atoms with Gasteiger partial charge in [0.05, 0.1) is 6.61 Å². The third-order valence-electron chi connectivity index (χ3n) is 3.58. The molecule has 146 valence electrons. The first-order chi connectivity index (χ1) is 12.1. The Morgan fingerprint density at radius 3 is 2.23 bits per heavy atom. The van der Waals surface area contributed by atoms with E-state index in [9.17, 15) is 19.8 Å². The zero-order valence-corrected chi connectivity index (χ0v) is 15.5. The van der Waals surface area contributed by atoms with E-state index in [4.69, 9.17) is 19.9 Å². The zero-order chi connectivity index (χ0) is 19.9. The van der Waals surface area contributed by atoms with Crippen molar-refractivity contribution in [3.8, 4) is 11.5 Å². The molecule has 0 aromatic heterocycles. The number of hydrogen-bond donors (Lipinski definition) is 3. The van der Waals surface area contributed by atoms with Gasteiger partial charge in [0.1, 0.15) is 18.2 Å². The number of hydrogen-bond acceptors (Lipinski definition) is 8. The molecule has 0 radical (unpaired) electrons. The number of nitrogens with two attached hydrogens (primary N) is 1. The molecule has 0 fully saturated rings. The van der Waals surface area contributed by atoms with Gasteiger partial charge in [-0.3, -0.25) is 4.79 Å². The van der Waals surface area contributed by atoms with Crippen molar-refractivity contribution in [1.82, 2.24) is 0 Å². The van der Waals surface area contributed by atoms with Crippen LogP contribution in [0.25, 0.3) is 0 Å². The molecule has 8 nitrogen and oxygen atoms in total. The average Bonchev–Trinajstić information content (AvgIpc) is 2.56. The Labute approximate surface area is 152 Å². The second kappa shape index (κ2) is 9.86. The lowest BCUT2D eigenvalue weighted by atomic mass is 10.1. The maximum absolute atomic E-state index is 12.1. The SMILES string of the molecule is CC(C)COC(=O)O[C@H](C)[C@H](C)OC(=O)[C@@H](N)Cc1ccc(O)c(O)c1. The van der Waals surface area contributed by atoms with E-state index in [0.717, 1.165) is 0 Å². The van der Waals surface area contributed by atoms with Gasteiger partial charge in [0.2, 0.25) is 0 Å². The van der Waals surface area contributed by atoms with Crippen LogP contribution in [0.15, 0.2) is 18.2 Å². The topological polar surface area (TPSA) is 128 Å². The number of carbonyl (C=O) groups excluding carboxylic acids is 2. The summed E-state index contributed by atoms with van der Waals surface area (Å²) >= 11 is 0. The molecule has 0 bridgehead atoms. The molecule has 0 saturated heterocycles. The van der Waals surface area contributed by atoms with Crippen molar-refractivity contribution in [3.63, 3.8) is 0 Å². The normalized spacial score (nSPS) is 14.4. The molecule has 3 atom stereocenters. The van der Waals surface area contributed by atoms with Crippen LogP contribution in [-0.4, -0.2) is 47.2 Å². The standard InChI is InChI=1S/C18H27NO7/c1-10(2)9-24-18(23)26-12(4)11(3)25-17(22)14(19)7-13-5-6-15(20)16(21)8-13/h5-6,8,10-12,14,20-21H,7,9,19H2,1-4H3/t11-,12+,14-/m0/s1. The van der Waals surface area contributed by atoms with E-state index in [1.807, 2.05) is 13.8 Å². The molecule has 1 rings (SSSR count). The van der Waals surface area contributed by atoms with E-state index in [2.05, 4.69) is 0 Å². The van der Waals surface area contributed by atoms with E-state index < -0.39 is 30.4 Å². The van der Waals surface area contributed by atoms with Crippen molar-refractivity contribution in [2.45, 2.75) is 52.4 Å². The smallest absolute Gasteiger partial charge is 0.504 e. The minimum Gasteiger partial charge on any atom is -0.504 e. The van der Waals surface area contributed by atoms with Gasteiger partial charge in [-0.2, -0.15) is 0 Å². The van der Waals surface area contributed by atoms with E-state index in [-0.39, 0.29) is 30.4 Å². The van der Waals surface area contributed by atoms with Crippen LogP contribution in [0.2, 0.25) is 0 Å². The minimum absolute atomic E-state index is 0.116. The lowest BCUT2D eigenvalue weighted by Crippen LogP contribution is -2.39. The zero-order valence-electron chi connectivity index (χ0n) is 15.5. The molecule has 0 aliphatic carbocycles. The minimum atomic E-state index is -0.971. The molecule has 0 heterocycles. The summed E-state index contributed by atoms with van der Waals surface area (Å²) in [7, 11) is 0. The highest BCUT2D eigenvalue weighted by atomic mass is 16.7. The number of phenolic OH excluding ortho intramolecular Hbond substituents is 2. The molecular formula is C18H27NO7. The van der Waals surface area contributed by atoms with Gasteiger partial charge in [0.15, 0.2) is 11.5 Å². The fraction of sp³-hybridized carbons (Fsp3) is 0.556. The third kappa shape index (κ3) is 7.18. The maximum Gasteiger partial charge on any atom is 0.508 e. The third-order valence-corrected chi connectivity index (χ3v) is 3.58. The summed E-state index contributed by atoms with van der Waals surface area (Å²) in [5, 5.41) is 18.7. The van der Waals surface area contributed by atoms with Crippen molar-refractivity contribution in [2.24, 2.45) is 11.7 Å². The molecule has 8 heteroatoms. The van der Waals surface area contributed by atoms with Crippen LogP contribution < -0.4 is 5.73 Å². The van der Waals surface area contributed by atoms with E-state index in [0.29, 0.717) is 5.56 Å². The van der Waals surface area contributed by atoms with Gasteiger partial charge in [-0.25, -0.2) is 4.79 Å². The van der Waals surface area contributed by atoms with Crippen molar-refractivity contribution >= 4 is 12.1 Å². The first-order valence-corrected chi connectivity index (χ1v) is 8.40. The lowest BCUT2D eigenvalue weighted by molar-refractivity contribution is -0.155. The van der Waals surface area contributed by atoms with Crippen LogP contribution in [-0.2, 0) is 25.4 Å². The van der Waals surface area contributed by atoms with Crippen LogP contribution in [0.4, 0.5) is 4.79 Å². The first-order valence-electron chi connectivity index (χ1n) is 8.40. The summed E-state index contributed by atoms with van der Waals surface area (Å²) in [6.45, 7) is 7.20. The number of benzene rings is 1. The Kier molecular flexibility index (Phi) is 8.18. The van der Waals surface area contributed by atoms with E-state index >= 15 is 0 Å². The van der Waals surface area contributed by atoms with Crippen LogP contribution in [0.1, 0.15) is 33.3 Å². The number of phenols is 2. The summed E-state index contributed by atoms with van der Waals surface area (Å²) in [6.07, 6.45) is -2.12. The quantitative estimate of drug-likeness (QED) is 0.469. The Morgan fingerprint density at radius 1 is 1.04 bits per heavy atom. The second-order valence-electron chi connectivity index (χ2n) is 6.55. The van der Waals surface area contributed by atoms with Crippen LogP contribution in [0.3, 0.4) is 0 Å². The highest BCUT2D eigenvalue weighted by molar-refractivity contribution is 5.76. The monoisotopic (exact) mass is 369 g/mol. The fourth-order valence-corrected chi connectivity index (χ4v) is 1.92. The van der Waals surface area contributed by atoms with Crippen LogP contribution in [0, 0.1) is 5.92 Å². The molecular weight excluding hydrogens is 342 g/mol. The predicted octanol–water partition coefficient (Wildman–Crippen LogP) is 2.10. The van der Waals surface area contributed by atoms with Gasteiger partial charge < -0.3 is 30.2 Å². The van der Waals surface area contributed by atoms with Crippen molar-refractivity contribution in [2.75, 3.05) is 6.61 Å². The van der Waals surface area contributed by atoms with Crippen LogP contribution in [0.5, 0.6) is 11.5 Å². The summed E-state index contributed by atoms with van der Waals surface area (Å²) in [5.41, 5.74) is 6.39. The number of ether oxygens (including phenoxy) is 3. The summed E-state index contributed by atoms with van der Waals surface area (Å²) in [5.74, 6) is -1.03. The van der Waals surface area contributed by atoms with E-state index in [1.54, 1.807) is 19.9 Å². The number of esters is 1. The van der Waals surface area contributed by atoms with Crippen molar-refractivity contribution in [1.29, 1.82) is 0 Å². The fourth-order valence-electron chi connectivity index (χ4n) is 1.92. The Hall–Kier alpha value is -2.48. The lowest BCUT2D eigenvalue weighted by Gasteiger charge is -2.22. The van der Waals surface area contributed by atoms with Gasteiger partial charge in [-0.1, -0.05) is 19.9 Å². The van der Waals surface area contributed by atoms with Gasteiger partial charge in [-0.05, 0) is 43.9 Å². The molecule has 1 aromatic rings. The average molecular weight is 369 g/mol. The molecule has 0 amide bonds. The molecule has 0 aliphatic rings. The highest BCUT2D eigenvalue weighted by Gasteiger charge is 2.25. The largest absolute Gasteiger partial charge is 0.508 e. The molecule has 4 N–H and O–H groups in total. The number of aromatic hydroxyl groups is 2. The molecule has 0 aliphatic heterocycles. The predicted molar refractivity (Wildman–Crippen MR) is 93.7 cm³/mol. The Bertz CT molecular complexity index is 618. The van der Waals surface area contributed by atoms with Gasteiger partial charge in [0, 0.05) is 0 Å². The second-order valence-corrected chi connectivity index (χ2v) is 6.55. The van der Waals surface area contributed by atoms with Crippen molar-refractivity contribution in [3.05, 3.63) is 23.8 Å². The summed E-state index contributed by atoms with van der Waals surface area (Å²) in [4.78, 5) is 23.6. The molecule has 0 saturated carbocycles. The molecule has 1 aromatic carbocycles. The Balaban J connectivity index is 2.48. The van der Waals surface area contributed by atoms with Crippen LogP contribution >= 0.6 is 0 Å². The molecule has 26 heavy (non-hydrogen) atoms. The van der Waals surface area contributed by atoms with Gasteiger partial charge in [-0.15, -0.1) is 0 Å². The Morgan fingerprint density at radius 2 is 1.65 bits per heavy atom. The number of rotatable bonds is 8. The number of carbonyl (C=O) groups is 2. The molecule has 0 spiro atoms. The summed E-state index contributed by atoms with van der Waals surface area (Å²) < 4.78 is 15.2. The maximum atomic E-state index is 12.1. The summed E-state index contributed by atoms with van der Waals surface area (Å²) in [6, 6.07) is 3.20. The van der Waals surface area contributed by atoms with E-state index in [1.165, 1.54) is 12.1 Å². The molecule has 0 unspecified atom stereocenters. The van der Waals surface area contributed by atoms with Gasteiger partial charge >= 0.3 is 12.1 Å². The van der Waals surface area contributed by atoms with Gasteiger partial charge in [0.25, 0.3) is 0 Å². The highest BCUT2D eigenvalue weighted by Crippen LogP contribution is 2.25.